The average molecular weight is 245 g/mol. The van der Waals surface area contributed by atoms with Crippen molar-refractivity contribution < 1.29 is 13.5 Å². The van der Waals surface area contributed by atoms with Gasteiger partial charge in [-0.05, 0) is 13.3 Å². The Hall–Kier alpha value is -0.920. The van der Waals surface area contributed by atoms with E-state index >= 15 is 0 Å². The summed E-state index contributed by atoms with van der Waals surface area (Å²) in [5.41, 5.74) is 0. The highest BCUT2D eigenvalue weighted by Crippen LogP contribution is 2.20. The van der Waals surface area contributed by atoms with Gasteiger partial charge in [0, 0.05) is 26.3 Å². The molecule has 1 fully saturated rings. The van der Waals surface area contributed by atoms with Crippen LogP contribution in [0.15, 0.2) is 11.2 Å². The number of nitrogens with zero attached hydrogens (tertiary/aromatic N) is 3. The van der Waals surface area contributed by atoms with E-state index in [0.717, 1.165) is 0 Å². The number of aliphatic hydroxyl groups is 1. The zero-order valence-electron chi connectivity index (χ0n) is 9.29. The Bertz CT molecular complexity index is 475. The lowest BCUT2D eigenvalue weighted by Gasteiger charge is -2.13. The highest BCUT2D eigenvalue weighted by Gasteiger charge is 2.33. The second kappa shape index (κ2) is 3.83. The van der Waals surface area contributed by atoms with Gasteiger partial charge in [0.2, 0.25) is 0 Å². The highest BCUT2D eigenvalue weighted by atomic mass is 32.2. The lowest BCUT2D eigenvalue weighted by Crippen LogP contribution is -2.30. The van der Waals surface area contributed by atoms with Crippen LogP contribution in [0, 0.1) is 6.92 Å². The number of rotatable bonds is 2. The lowest BCUT2D eigenvalue weighted by molar-refractivity contribution is 0.189. The molecule has 90 valence electrons. The molecule has 0 unspecified atom stereocenters. The Morgan fingerprint density at radius 2 is 2.25 bits per heavy atom. The van der Waals surface area contributed by atoms with Gasteiger partial charge in [0.05, 0.1) is 6.10 Å². The lowest BCUT2D eigenvalue weighted by atomic mass is 10.3. The quantitative estimate of drug-likeness (QED) is 0.761. The summed E-state index contributed by atoms with van der Waals surface area (Å²) < 4.78 is 27.1. The summed E-state index contributed by atoms with van der Waals surface area (Å²) in [6, 6.07) is 0. The number of imidazole rings is 1. The van der Waals surface area contributed by atoms with Crippen LogP contribution < -0.4 is 0 Å². The molecule has 0 bridgehead atoms. The van der Waals surface area contributed by atoms with Crippen LogP contribution in [0.2, 0.25) is 0 Å². The molecule has 0 aromatic carbocycles. The molecular formula is C9H15N3O3S. The van der Waals surface area contributed by atoms with Crippen LogP contribution in [-0.4, -0.2) is 46.6 Å². The third kappa shape index (κ3) is 1.85. The van der Waals surface area contributed by atoms with Gasteiger partial charge in [-0.15, -0.1) is 0 Å². The Balaban J connectivity index is 2.32. The summed E-state index contributed by atoms with van der Waals surface area (Å²) in [6.07, 6.45) is 1.43. The van der Waals surface area contributed by atoms with E-state index in [1.165, 1.54) is 10.5 Å². The van der Waals surface area contributed by atoms with E-state index in [9.17, 15) is 13.5 Å². The minimum absolute atomic E-state index is 0.0570. The summed E-state index contributed by atoms with van der Waals surface area (Å²) >= 11 is 0. The molecule has 0 radical (unpaired) electrons. The molecule has 16 heavy (non-hydrogen) atoms. The standard InChI is InChI=1S/C9H15N3O3S/c1-7-10-9(6-11(7)2)16(14,15)12-4-3-8(13)5-12/h6,8,13H,3-5H2,1-2H3/t8-/m1/s1. The first-order valence-electron chi connectivity index (χ1n) is 5.09. The van der Waals surface area contributed by atoms with Crippen molar-refractivity contribution in [2.45, 2.75) is 24.5 Å². The van der Waals surface area contributed by atoms with Crippen LogP contribution in [0.4, 0.5) is 0 Å². The fourth-order valence-corrected chi connectivity index (χ4v) is 3.23. The van der Waals surface area contributed by atoms with Crippen LogP contribution in [-0.2, 0) is 17.1 Å². The second-order valence-electron chi connectivity index (χ2n) is 4.04. The van der Waals surface area contributed by atoms with Gasteiger partial charge in [0.1, 0.15) is 5.82 Å². The minimum Gasteiger partial charge on any atom is -0.392 e. The summed E-state index contributed by atoms with van der Waals surface area (Å²) in [6.45, 7) is 2.27. The normalized spacial score (nSPS) is 22.8. The summed E-state index contributed by atoms with van der Waals surface area (Å²) in [7, 11) is -1.78. The van der Waals surface area contributed by atoms with E-state index in [4.69, 9.17) is 0 Å². The molecule has 1 aromatic heterocycles. The maximum Gasteiger partial charge on any atom is 0.262 e. The molecule has 0 spiro atoms. The van der Waals surface area contributed by atoms with E-state index in [1.807, 2.05) is 0 Å². The SMILES string of the molecule is Cc1nc(S(=O)(=O)N2CC[C@@H](O)C2)cn1C. The van der Waals surface area contributed by atoms with Gasteiger partial charge >= 0.3 is 0 Å². The Labute approximate surface area is 94.6 Å². The zero-order valence-corrected chi connectivity index (χ0v) is 10.1. The number of sulfonamides is 1. The smallest absolute Gasteiger partial charge is 0.262 e. The van der Waals surface area contributed by atoms with Crippen LogP contribution in [0.25, 0.3) is 0 Å². The molecular weight excluding hydrogens is 230 g/mol. The Morgan fingerprint density at radius 1 is 1.56 bits per heavy atom. The van der Waals surface area contributed by atoms with E-state index < -0.39 is 16.1 Å². The third-order valence-corrected chi connectivity index (χ3v) is 4.55. The van der Waals surface area contributed by atoms with Gasteiger partial charge in [-0.2, -0.15) is 4.31 Å². The van der Waals surface area contributed by atoms with Crippen molar-refractivity contribution in [1.29, 1.82) is 0 Å². The summed E-state index contributed by atoms with van der Waals surface area (Å²) in [5, 5.41) is 9.39. The topological polar surface area (TPSA) is 75.4 Å². The fraction of sp³-hybridized carbons (Fsp3) is 0.667. The number of hydrogen-bond acceptors (Lipinski definition) is 4. The number of hydrogen-bond donors (Lipinski definition) is 1. The Morgan fingerprint density at radius 3 is 2.69 bits per heavy atom. The van der Waals surface area contributed by atoms with Crippen molar-refractivity contribution in [1.82, 2.24) is 13.9 Å². The molecule has 1 aliphatic heterocycles. The first kappa shape index (κ1) is 11.6. The molecule has 0 amide bonds. The molecule has 6 nitrogen and oxygen atoms in total. The van der Waals surface area contributed by atoms with Gasteiger partial charge in [0.25, 0.3) is 10.0 Å². The fourth-order valence-electron chi connectivity index (χ4n) is 1.71. The van der Waals surface area contributed by atoms with Crippen LogP contribution in [0.5, 0.6) is 0 Å². The van der Waals surface area contributed by atoms with Crippen molar-refractivity contribution in [2.75, 3.05) is 13.1 Å². The summed E-state index contributed by atoms with van der Waals surface area (Å²) in [5.74, 6) is 0.651. The second-order valence-corrected chi connectivity index (χ2v) is 5.93. The van der Waals surface area contributed by atoms with E-state index in [1.54, 1.807) is 18.5 Å². The van der Waals surface area contributed by atoms with Crippen molar-refractivity contribution in [3.05, 3.63) is 12.0 Å². The van der Waals surface area contributed by atoms with Crippen molar-refractivity contribution in [2.24, 2.45) is 7.05 Å². The van der Waals surface area contributed by atoms with Crippen molar-refractivity contribution >= 4 is 10.0 Å². The third-order valence-electron chi connectivity index (χ3n) is 2.82. The van der Waals surface area contributed by atoms with E-state index in [0.29, 0.717) is 18.8 Å². The number of aryl methyl sites for hydroxylation is 2. The number of aliphatic hydroxyl groups excluding tert-OH is 1. The predicted molar refractivity (Wildman–Crippen MR) is 57.3 cm³/mol. The van der Waals surface area contributed by atoms with Crippen molar-refractivity contribution in [3.8, 4) is 0 Å². The zero-order chi connectivity index (χ0) is 11.9. The molecule has 1 aromatic rings. The van der Waals surface area contributed by atoms with Gasteiger partial charge in [-0.1, -0.05) is 0 Å². The molecule has 1 saturated heterocycles. The van der Waals surface area contributed by atoms with Gasteiger partial charge < -0.3 is 9.67 Å². The first-order valence-corrected chi connectivity index (χ1v) is 6.53. The number of aromatic nitrogens is 2. The van der Waals surface area contributed by atoms with E-state index in [-0.39, 0.29) is 11.6 Å². The minimum atomic E-state index is -3.53. The molecule has 2 rings (SSSR count). The molecule has 2 heterocycles. The monoisotopic (exact) mass is 245 g/mol. The molecule has 0 saturated carbocycles. The molecule has 1 N–H and O–H groups in total. The van der Waals surface area contributed by atoms with Crippen LogP contribution >= 0.6 is 0 Å². The first-order chi connectivity index (χ1) is 7.41. The summed E-state index contributed by atoms with van der Waals surface area (Å²) in [4.78, 5) is 4.00. The Kier molecular flexibility index (Phi) is 2.77. The van der Waals surface area contributed by atoms with Crippen LogP contribution in [0.3, 0.4) is 0 Å². The average Bonchev–Trinajstić information content (AvgIpc) is 2.75. The molecule has 7 heteroatoms. The van der Waals surface area contributed by atoms with E-state index in [2.05, 4.69) is 4.98 Å². The van der Waals surface area contributed by atoms with Crippen molar-refractivity contribution in [3.63, 3.8) is 0 Å². The van der Waals surface area contributed by atoms with Gasteiger partial charge in [-0.3, -0.25) is 0 Å². The maximum absolute atomic E-state index is 12.1. The van der Waals surface area contributed by atoms with Gasteiger partial charge in [-0.25, -0.2) is 13.4 Å². The molecule has 1 atom stereocenters. The predicted octanol–water partition coefficient (Wildman–Crippen LogP) is -0.516. The maximum atomic E-state index is 12.1. The van der Waals surface area contributed by atoms with Gasteiger partial charge in [0.15, 0.2) is 5.03 Å². The largest absolute Gasteiger partial charge is 0.392 e. The van der Waals surface area contributed by atoms with Crippen LogP contribution in [0.1, 0.15) is 12.2 Å². The molecule has 1 aliphatic rings. The molecule has 0 aliphatic carbocycles. The highest BCUT2D eigenvalue weighted by molar-refractivity contribution is 7.89. The number of β-amino-alcohol motifs (C(OH)–C–C–N with tert-alkyl or cyclic N) is 1.